The Labute approximate surface area is 153 Å². The summed E-state index contributed by atoms with van der Waals surface area (Å²) in [7, 11) is 0. The SMILES string of the molecule is Cc1cccc(-c2nc(SCC(=O)Nc3ccc([N+](=O)[O-])cc3)n[nH]2)c1. The number of benzene rings is 2. The summed E-state index contributed by atoms with van der Waals surface area (Å²) >= 11 is 1.20. The van der Waals surface area contributed by atoms with Crippen LogP contribution in [-0.2, 0) is 4.79 Å². The highest BCUT2D eigenvalue weighted by Gasteiger charge is 2.10. The van der Waals surface area contributed by atoms with Gasteiger partial charge in [0.25, 0.3) is 5.69 Å². The Kier molecular flexibility index (Phi) is 5.28. The quantitative estimate of drug-likeness (QED) is 0.391. The van der Waals surface area contributed by atoms with Crippen molar-refractivity contribution in [3.8, 4) is 11.4 Å². The fourth-order valence-electron chi connectivity index (χ4n) is 2.23. The predicted molar refractivity (Wildman–Crippen MR) is 99.0 cm³/mol. The lowest BCUT2D eigenvalue weighted by atomic mass is 10.1. The number of H-pyrrole nitrogens is 1. The van der Waals surface area contributed by atoms with Gasteiger partial charge < -0.3 is 5.32 Å². The highest BCUT2D eigenvalue weighted by molar-refractivity contribution is 7.99. The second-order valence-electron chi connectivity index (χ2n) is 5.48. The third-order valence-electron chi connectivity index (χ3n) is 3.45. The largest absolute Gasteiger partial charge is 0.325 e. The topological polar surface area (TPSA) is 114 Å². The molecule has 0 atom stereocenters. The van der Waals surface area contributed by atoms with Gasteiger partial charge in [-0.2, -0.15) is 0 Å². The average molecular weight is 369 g/mol. The molecule has 0 aliphatic carbocycles. The number of carbonyl (C=O) groups is 1. The number of nitro benzene ring substituents is 1. The van der Waals surface area contributed by atoms with Crippen molar-refractivity contribution in [1.29, 1.82) is 0 Å². The summed E-state index contributed by atoms with van der Waals surface area (Å²) in [5.74, 6) is 0.528. The van der Waals surface area contributed by atoms with Crippen molar-refractivity contribution in [2.24, 2.45) is 0 Å². The fraction of sp³-hybridized carbons (Fsp3) is 0.118. The molecule has 2 aromatic carbocycles. The number of nitro groups is 1. The average Bonchev–Trinajstić information content (AvgIpc) is 3.09. The lowest BCUT2D eigenvalue weighted by molar-refractivity contribution is -0.384. The van der Waals surface area contributed by atoms with Crippen LogP contribution in [0, 0.1) is 17.0 Å². The molecule has 26 heavy (non-hydrogen) atoms. The molecule has 0 unspecified atom stereocenters. The van der Waals surface area contributed by atoms with Crippen molar-refractivity contribution in [1.82, 2.24) is 15.2 Å². The molecule has 8 nitrogen and oxygen atoms in total. The van der Waals surface area contributed by atoms with Crippen molar-refractivity contribution in [2.75, 3.05) is 11.1 Å². The zero-order valence-electron chi connectivity index (χ0n) is 13.8. The number of nitrogens with zero attached hydrogens (tertiary/aromatic N) is 3. The number of non-ortho nitro benzene ring substituents is 1. The van der Waals surface area contributed by atoms with Crippen molar-refractivity contribution in [3.05, 3.63) is 64.2 Å². The molecule has 0 radical (unpaired) electrons. The number of hydrogen-bond acceptors (Lipinski definition) is 6. The molecule has 0 aliphatic heterocycles. The van der Waals surface area contributed by atoms with Gasteiger partial charge in [0.05, 0.1) is 10.7 Å². The van der Waals surface area contributed by atoms with E-state index in [0.29, 0.717) is 16.7 Å². The molecule has 3 aromatic rings. The van der Waals surface area contributed by atoms with Crippen LogP contribution in [-0.4, -0.2) is 31.8 Å². The molecule has 2 N–H and O–H groups in total. The predicted octanol–water partition coefficient (Wildman–Crippen LogP) is 3.42. The Hall–Kier alpha value is -3.20. The molecule has 0 spiro atoms. The minimum absolute atomic E-state index is 0.0261. The van der Waals surface area contributed by atoms with E-state index in [1.807, 2.05) is 31.2 Å². The lowest BCUT2D eigenvalue weighted by Crippen LogP contribution is -2.14. The van der Waals surface area contributed by atoms with Crippen LogP contribution in [0.5, 0.6) is 0 Å². The van der Waals surface area contributed by atoms with Crippen LogP contribution in [0.2, 0.25) is 0 Å². The number of amides is 1. The molecule has 0 fully saturated rings. The first-order valence-electron chi connectivity index (χ1n) is 7.68. The van der Waals surface area contributed by atoms with Gasteiger partial charge in [-0.05, 0) is 25.1 Å². The van der Waals surface area contributed by atoms with Crippen LogP contribution in [0.25, 0.3) is 11.4 Å². The number of aromatic amines is 1. The molecule has 1 aromatic heterocycles. The molecule has 132 valence electrons. The molecule has 0 aliphatic rings. The van der Waals surface area contributed by atoms with Gasteiger partial charge in [0.1, 0.15) is 0 Å². The van der Waals surface area contributed by atoms with E-state index in [4.69, 9.17) is 0 Å². The molecular weight excluding hydrogens is 354 g/mol. The summed E-state index contributed by atoms with van der Waals surface area (Å²) in [4.78, 5) is 26.5. The van der Waals surface area contributed by atoms with Crippen LogP contribution in [0.15, 0.2) is 53.7 Å². The maximum absolute atomic E-state index is 12.0. The number of rotatable bonds is 6. The number of aromatic nitrogens is 3. The van der Waals surface area contributed by atoms with Crippen LogP contribution in [0.4, 0.5) is 11.4 Å². The summed E-state index contributed by atoms with van der Waals surface area (Å²) in [6.45, 7) is 2.00. The second kappa shape index (κ2) is 7.79. The number of hydrogen-bond donors (Lipinski definition) is 2. The van der Waals surface area contributed by atoms with E-state index in [-0.39, 0.29) is 17.3 Å². The molecule has 3 rings (SSSR count). The summed E-state index contributed by atoms with van der Waals surface area (Å²) in [6, 6.07) is 13.5. The summed E-state index contributed by atoms with van der Waals surface area (Å²) < 4.78 is 0. The van der Waals surface area contributed by atoms with Crippen molar-refractivity contribution >= 4 is 29.0 Å². The van der Waals surface area contributed by atoms with E-state index >= 15 is 0 Å². The third kappa shape index (κ3) is 4.45. The molecule has 1 heterocycles. The maximum Gasteiger partial charge on any atom is 0.269 e. The first kappa shape index (κ1) is 17.6. The molecular formula is C17H15N5O3S. The summed E-state index contributed by atoms with van der Waals surface area (Å²) in [6.07, 6.45) is 0. The Balaban J connectivity index is 1.55. The van der Waals surface area contributed by atoms with Gasteiger partial charge in [-0.25, -0.2) is 4.98 Å². The van der Waals surface area contributed by atoms with Crippen LogP contribution >= 0.6 is 11.8 Å². The summed E-state index contributed by atoms with van der Waals surface area (Å²) in [5, 5.41) is 20.7. The first-order chi connectivity index (χ1) is 12.5. The van der Waals surface area contributed by atoms with Gasteiger partial charge in [-0.1, -0.05) is 35.5 Å². The number of nitrogens with one attached hydrogen (secondary N) is 2. The highest BCUT2D eigenvalue weighted by Crippen LogP contribution is 2.20. The van der Waals surface area contributed by atoms with Gasteiger partial charge in [-0.15, -0.1) is 5.10 Å². The maximum atomic E-state index is 12.0. The van der Waals surface area contributed by atoms with Gasteiger partial charge in [0.15, 0.2) is 5.82 Å². The molecule has 0 saturated carbocycles. The molecule has 0 bridgehead atoms. The smallest absolute Gasteiger partial charge is 0.269 e. The Morgan fingerprint density at radius 2 is 2.04 bits per heavy atom. The second-order valence-corrected chi connectivity index (χ2v) is 6.42. The minimum Gasteiger partial charge on any atom is -0.325 e. The lowest BCUT2D eigenvalue weighted by Gasteiger charge is -2.03. The van der Waals surface area contributed by atoms with Crippen molar-refractivity contribution < 1.29 is 9.72 Å². The van der Waals surface area contributed by atoms with E-state index in [2.05, 4.69) is 20.5 Å². The fourth-order valence-corrected chi connectivity index (χ4v) is 2.82. The van der Waals surface area contributed by atoms with E-state index in [0.717, 1.165) is 11.1 Å². The van der Waals surface area contributed by atoms with Gasteiger partial charge in [-0.3, -0.25) is 20.0 Å². The van der Waals surface area contributed by atoms with Gasteiger partial charge in [0.2, 0.25) is 11.1 Å². The minimum atomic E-state index is -0.490. The standard InChI is InChI=1S/C17H15N5O3S/c1-11-3-2-4-12(9-11)16-19-17(21-20-16)26-10-15(23)18-13-5-7-14(8-6-13)22(24)25/h2-9H,10H2,1H3,(H,18,23)(H,19,20,21). The van der Waals surface area contributed by atoms with Crippen LogP contribution in [0.1, 0.15) is 5.56 Å². The zero-order chi connectivity index (χ0) is 18.5. The Morgan fingerprint density at radius 1 is 1.27 bits per heavy atom. The van der Waals surface area contributed by atoms with Crippen molar-refractivity contribution in [2.45, 2.75) is 12.1 Å². The van der Waals surface area contributed by atoms with Crippen molar-refractivity contribution in [3.63, 3.8) is 0 Å². The number of aryl methyl sites for hydroxylation is 1. The highest BCUT2D eigenvalue weighted by atomic mass is 32.2. The van der Waals surface area contributed by atoms with E-state index in [9.17, 15) is 14.9 Å². The number of anilines is 1. The van der Waals surface area contributed by atoms with Gasteiger partial charge in [0, 0.05) is 23.4 Å². The van der Waals surface area contributed by atoms with E-state index < -0.39 is 4.92 Å². The van der Waals surface area contributed by atoms with Crippen LogP contribution < -0.4 is 5.32 Å². The number of thioether (sulfide) groups is 1. The van der Waals surface area contributed by atoms with E-state index in [1.165, 1.54) is 36.0 Å². The summed E-state index contributed by atoms with van der Waals surface area (Å²) in [5.41, 5.74) is 2.52. The Morgan fingerprint density at radius 3 is 2.73 bits per heavy atom. The monoisotopic (exact) mass is 369 g/mol. The zero-order valence-corrected chi connectivity index (χ0v) is 14.6. The van der Waals surface area contributed by atoms with E-state index in [1.54, 1.807) is 0 Å². The van der Waals surface area contributed by atoms with Gasteiger partial charge >= 0.3 is 0 Å². The molecule has 1 amide bonds. The first-order valence-corrected chi connectivity index (χ1v) is 8.66. The Bertz CT molecular complexity index is 940. The molecule has 0 saturated heterocycles. The van der Waals surface area contributed by atoms with Crippen LogP contribution in [0.3, 0.4) is 0 Å². The molecule has 9 heteroatoms. The third-order valence-corrected chi connectivity index (χ3v) is 4.30. The number of carbonyl (C=O) groups excluding carboxylic acids is 1. The normalized spacial score (nSPS) is 10.5.